The average Bonchev–Trinajstić information content (AvgIpc) is 2.79. The van der Waals surface area contributed by atoms with E-state index in [0.717, 1.165) is 31.2 Å². The minimum absolute atomic E-state index is 0.00136. The third-order valence-corrected chi connectivity index (χ3v) is 7.52. The molecule has 1 fully saturated rings. The highest BCUT2D eigenvalue weighted by Gasteiger charge is 2.37. The third kappa shape index (κ3) is 4.49. The van der Waals surface area contributed by atoms with Gasteiger partial charge in [0.2, 0.25) is 10.0 Å². The van der Waals surface area contributed by atoms with Crippen LogP contribution < -0.4 is 16.4 Å². The Morgan fingerprint density at radius 3 is 2.44 bits per heavy atom. The van der Waals surface area contributed by atoms with Crippen molar-refractivity contribution in [1.29, 1.82) is 0 Å². The van der Waals surface area contributed by atoms with Gasteiger partial charge in [-0.2, -0.15) is 5.10 Å². The molecule has 4 N–H and O–H groups in total. The third-order valence-electron chi connectivity index (χ3n) is 6.37. The van der Waals surface area contributed by atoms with E-state index in [-0.39, 0.29) is 21.9 Å². The zero-order valence-corrected chi connectivity index (χ0v) is 19.0. The molecule has 1 saturated carbocycles. The van der Waals surface area contributed by atoms with Crippen molar-refractivity contribution in [1.82, 2.24) is 9.78 Å². The molecule has 1 heterocycles. The van der Waals surface area contributed by atoms with Crippen molar-refractivity contribution >= 4 is 21.6 Å². The number of nitrogens with zero attached hydrogens (tertiary/aromatic N) is 2. The molecule has 0 amide bonds. The maximum Gasteiger partial charge on any atom is 0.267 e. The standard InChI is InChI=1S/C23H25ClN4O3S/c24-18-5-2-4-17(14-18)23(15-25)11-9-19(10-12-23)28-22(29)8-7-21(27-28)16-3-1-6-20(13-16)32(26,30)31/h1-8,13-14,19H,9-12,15,25H2,(H2,26,30,31)/t19-,23+. The number of primary sulfonamides is 1. The fraction of sp³-hybridized carbons (Fsp3) is 0.304. The molecule has 3 aromatic rings. The number of aromatic nitrogens is 2. The second-order valence-electron chi connectivity index (χ2n) is 8.30. The molecular weight excluding hydrogens is 448 g/mol. The fourth-order valence-electron chi connectivity index (χ4n) is 4.50. The van der Waals surface area contributed by atoms with E-state index in [2.05, 4.69) is 11.2 Å². The molecule has 1 aromatic heterocycles. The van der Waals surface area contributed by atoms with Crippen LogP contribution in [0.1, 0.15) is 37.3 Å². The van der Waals surface area contributed by atoms with E-state index in [1.807, 2.05) is 18.2 Å². The Bertz CT molecular complexity index is 1300. The highest BCUT2D eigenvalue weighted by molar-refractivity contribution is 7.89. The predicted molar refractivity (Wildman–Crippen MR) is 125 cm³/mol. The summed E-state index contributed by atoms with van der Waals surface area (Å²) in [6.07, 6.45) is 3.12. The van der Waals surface area contributed by atoms with Gasteiger partial charge in [-0.1, -0.05) is 35.9 Å². The summed E-state index contributed by atoms with van der Waals surface area (Å²) in [4.78, 5) is 12.6. The molecule has 2 aromatic carbocycles. The summed E-state index contributed by atoms with van der Waals surface area (Å²) in [5.41, 5.74) is 8.05. The number of rotatable bonds is 5. The van der Waals surface area contributed by atoms with E-state index >= 15 is 0 Å². The molecule has 0 bridgehead atoms. The van der Waals surface area contributed by atoms with Crippen LogP contribution >= 0.6 is 11.6 Å². The second kappa shape index (κ2) is 8.78. The van der Waals surface area contributed by atoms with Crippen LogP contribution in [0.3, 0.4) is 0 Å². The molecule has 0 radical (unpaired) electrons. The molecule has 7 nitrogen and oxygen atoms in total. The maximum absolute atomic E-state index is 12.6. The predicted octanol–water partition coefficient (Wildman–Crippen LogP) is 3.22. The molecule has 0 aliphatic heterocycles. The Morgan fingerprint density at radius 1 is 1.06 bits per heavy atom. The van der Waals surface area contributed by atoms with Crippen LogP contribution in [0.25, 0.3) is 11.3 Å². The molecule has 1 aliphatic carbocycles. The Kier molecular flexibility index (Phi) is 6.22. The largest absolute Gasteiger partial charge is 0.330 e. The van der Waals surface area contributed by atoms with Crippen molar-refractivity contribution in [2.24, 2.45) is 10.9 Å². The molecule has 0 spiro atoms. The van der Waals surface area contributed by atoms with Crippen molar-refractivity contribution < 1.29 is 8.42 Å². The van der Waals surface area contributed by atoms with Gasteiger partial charge in [0.15, 0.2) is 0 Å². The van der Waals surface area contributed by atoms with Gasteiger partial charge in [0, 0.05) is 28.6 Å². The zero-order valence-electron chi connectivity index (χ0n) is 17.4. The Hall–Kier alpha value is -2.52. The first-order chi connectivity index (χ1) is 15.2. The topological polar surface area (TPSA) is 121 Å². The summed E-state index contributed by atoms with van der Waals surface area (Å²) in [5, 5.41) is 10.5. The molecule has 1 aliphatic rings. The van der Waals surface area contributed by atoms with Crippen LogP contribution in [0.15, 0.2) is 70.4 Å². The number of sulfonamides is 1. The zero-order chi connectivity index (χ0) is 22.9. The van der Waals surface area contributed by atoms with Crippen molar-refractivity contribution in [3.63, 3.8) is 0 Å². The summed E-state index contributed by atoms with van der Waals surface area (Å²) in [6, 6.07) is 17.0. The van der Waals surface area contributed by atoms with Crippen LogP contribution in [0.5, 0.6) is 0 Å². The summed E-state index contributed by atoms with van der Waals surface area (Å²) in [7, 11) is -3.84. The molecule has 0 saturated heterocycles. The molecule has 0 unspecified atom stereocenters. The van der Waals surface area contributed by atoms with Crippen LogP contribution in [-0.2, 0) is 15.4 Å². The molecular formula is C23H25ClN4O3S. The Balaban J connectivity index is 1.62. The first kappa shape index (κ1) is 22.7. The second-order valence-corrected chi connectivity index (χ2v) is 10.3. The van der Waals surface area contributed by atoms with Crippen LogP contribution in [0, 0.1) is 0 Å². The number of halogens is 1. The average molecular weight is 473 g/mol. The van der Waals surface area contributed by atoms with Crippen molar-refractivity contribution in [2.75, 3.05) is 6.54 Å². The lowest BCUT2D eigenvalue weighted by Gasteiger charge is -2.40. The summed E-state index contributed by atoms with van der Waals surface area (Å²) in [6.45, 7) is 0.503. The van der Waals surface area contributed by atoms with Gasteiger partial charge in [-0.15, -0.1) is 0 Å². The first-order valence-corrected chi connectivity index (χ1v) is 12.3. The highest BCUT2D eigenvalue weighted by Crippen LogP contribution is 2.42. The van der Waals surface area contributed by atoms with E-state index in [0.29, 0.717) is 22.8 Å². The van der Waals surface area contributed by atoms with Gasteiger partial charge in [-0.05, 0) is 61.6 Å². The summed E-state index contributed by atoms with van der Waals surface area (Å²) >= 11 is 6.20. The van der Waals surface area contributed by atoms with Gasteiger partial charge in [0.1, 0.15) is 0 Å². The molecule has 9 heteroatoms. The highest BCUT2D eigenvalue weighted by atomic mass is 35.5. The van der Waals surface area contributed by atoms with Crippen molar-refractivity contribution in [3.8, 4) is 11.3 Å². The monoisotopic (exact) mass is 472 g/mol. The molecule has 32 heavy (non-hydrogen) atoms. The lowest BCUT2D eigenvalue weighted by atomic mass is 9.68. The Morgan fingerprint density at radius 2 is 1.78 bits per heavy atom. The van der Waals surface area contributed by atoms with Crippen LogP contribution in [0.4, 0.5) is 0 Å². The quantitative estimate of drug-likeness (QED) is 0.590. The lowest BCUT2D eigenvalue weighted by Crippen LogP contribution is -2.41. The van der Waals surface area contributed by atoms with E-state index < -0.39 is 10.0 Å². The lowest BCUT2D eigenvalue weighted by molar-refractivity contribution is 0.222. The number of benzene rings is 2. The number of hydrogen-bond acceptors (Lipinski definition) is 5. The first-order valence-electron chi connectivity index (χ1n) is 10.4. The minimum atomic E-state index is -3.84. The number of hydrogen-bond donors (Lipinski definition) is 2. The van der Waals surface area contributed by atoms with E-state index in [4.69, 9.17) is 22.5 Å². The summed E-state index contributed by atoms with van der Waals surface area (Å²) in [5.74, 6) is 0. The van der Waals surface area contributed by atoms with Crippen molar-refractivity contribution in [3.05, 3.63) is 81.6 Å². The van der Waals surface area contributed by atoms with E-state index in [1.54, 1.807) is 18.2 Å². The van der Waals surface area contributed by atoms with Gasteiger partial charge in [0.25, 0.3) is 5.56 Å². The van der Waals surface area contributed by atoms with Crippen LogP contribution in [-0.4, -0.2) is 24.7 Å². The van der Waals surface area contributed by atoms with Gasteiger partial charge >= 0.3 is 0 Å². The van der Waals surface area contributed by atoms with Crippen molar-refractivity contribution in [2.45, 2.75) is 42.0 Å². The maximum atomic E-state index is 12.6. The molecule has 4 rings (SSSR count). The van der Waals surface area contributed by atoms with E-state index in [1.165, 1.54) is 22.9 Å². The van der Waals surface area contributed by atoms with E-state index in [9.17, 15) is 13.2 Å². The summed E-state index contributed by atoms with van der Waals surface area (Å²) < 4.78 is 24.9. The van der Waals surface area contributed by atoms with Gasteiger partial charge in [0.05, 0.1) is 16.6 Å². The van der Waals surface area contributed by atoms with Gasteiger partial charge in [-0.3, -0.25) is 4.79 Å². The molecule has 0 atom stereocenters. The Labute approximate surface area is 192 Å². The SMILES string of the molecule is NC[C@]1(c2cccc(Cl)c2)CC[C@@H](n2nc(-c3cccc(S(N)(=O)=O)c3)ccc2=O)CC1. The normalized spacial score (nSPS) is 21.4. The minimum Gasteiger partial charge on any atom is -0.330 e. The van der Waals surface area contributed by atoms with Gasteiger partial charge in [-0.25, -0.2) is 18.2 Å². The number of nitrogens with two attached hydrogens (primary N) is 2. The molecule has 168 valence electrons. The van der Waals surface area contributed by atoms with Gasteiger partial charge < -0.3 is 5.73 Å². The fourth-order valence-corrected chi connectivity index (χ4v) is 5.25. The van der Waals surface area contributed by atoms with Crippen LogP contribution in [0.2, 0.25) is 5.02 Å². The smallest absolute Gasteiger partial charge is 0.267 e.